The summed E-state index contributed by atoms with van der Waals surface area (Å²) in [6.45, 7) is 3.23. The van der Waals surface area contributed by atoms with Crippen molar-refractivity contribution in [3.05, 3.63) is 35.4 Å². The summed E-state index contributed by atoms with van der Waals surface area (Å²) in [7, 11) is 0. The SMILES string of the molecule is CC1(C(=O)OCc2ccc(CN)cc2)CCCO1. The van der Waals surface area contributed by atoms with Crippen molar-refractivity contribution in [2.24, 2.45) is 5.73 Å². The van der Waals surface area contributed by atoms with E-state index in [1.807, 2.05) is 24.3 Å². The van der Waals surface area contributed by atoms with Gasteiger partial charge in [0.05, 0.1) is 0 Å². The average Bonchev–Trinajstić information content (AvgIpc) is 2.85. The van der Waals surface area contributed by atoms with Crippen LogP contribution in [-0.2, 0) is 27.4 Å². The van der Waals surface area contributed by atoms with E-state index in [9.17, 15) is 4.79 Å². The van der Waals surface area contributed by atoms with Crippen molar-refractivity contribution in [2.45, 2.75) is 38.5 Å². The monoisotopic (exact) mass is 249 g/mol. The molecule has 1 heterocycles. The van der Waals surface area contributed by atoms with Crippen molar-refractivity contribution in [3.8, 4) is 0 Å². The van der Waals surface area contributed by atoms with Crippen LogP contribution in [0.25, 0.3) is 0 Å². The van der Waals surface area contributed by atoms with Crippen LogP contribution in [0.15, 0.2) is 24.3 Å². The molecule has 1 aliphatic rings. The number of hydrogen-bond acceptors (Lipinski definition) is 4. The molecule has 0 bridgehead atoms. The van der Waals surface area contributed by atoms with Gasteiger partial charge in [-0.1, -0.05) is 24.3 Å². The minimum Gasteiger partial charge on any atom is -0.459 e. The van der Waals surface area contributed by atoms with Gasteiger partial charge >= 0.3 is 5.97 Å². The van der Waals surface area contributed by atoms with Crippen LogP contribution in [0.2, 0.25) is 0 Å². The van der Waals surface area contributed by atoms with Crippen LogP contribution in [0.5, 0.6) is 0 Å². The largest absolute Gasteiger partial charge is 0.459 e. The van der Waals surface area contributed by atoms with Crippen molar-refractivity contribution < 1.29 is 14.3 Å². The molecule has 0 radical (unpaired) electrons. The Hall–Kier alpha value is -1.39. The fourth-order valence-corrected chi connectivity index (χ4v) is 2.01. The molecule has 1 atom stereocenters. The standard InChI is InChI=1S/C14H19NO3/c1-14(7-2-8-18-14)13(16)17-10-12-5-3-11(9-15)4-6-12/h3-6H,2,7-10,15H2,1H3. The summed E-state index contributed by atoms with van der Waals surface area (Å²) in [5.74, 6) is -0.275. The van der Waals surface area contributed by atoms with Crippen molar-refractivity contribution in [2.75, 3.05) is 6.61 Å². The molecule has 98 valence electrons. The molecule has 18 heavy (non-hydrogen) atoms. The van der Waals surface area contributed by atoms with Gasteiger partial charge in [0.15, 0.2) is 5.60 Å². The smallest absolute Gasteiger partial charge is 0.338 e. The third-order valence-electron chi connectivity index (χ3n) is 3.28. The molecule has 2 rings (SSSR count). The highest BCUT2D eigenvalue weighted by Crippen LogP contribution is 2.26. The number of nitrogens with two attached hydrogens (primary N) is 1. The molecule has 0 spiro atoms. The number of rotatable bonds is 4. The summed E-state index contributed by atoms with van der Waals surface area (Å²) in [5, 5.41) is 0. The summed E-state index contributed by atoms with van der Waals surface area (Å²) >= 11 is 0. The highest BCUT2D eigenvalue weighted by atomic mass is 16.6. The Bertz CT molecular complexity index is 408. The summed E-state index contributed by atoms with van der Waals surface area (Å²) in [6, 6.07) is 7.73. The molecule has 1 saturated heterocycles. The van der Waals surface area contributed by atoms with Gasteiger partial charge in [0.1, 0.15) is 6.61 Å². The fourth-order valence-electron chi connectivity index (χ4n) is 2.01. The summed E-state index contributed by atoms with van der Waals surface area (Å²) in [5.41, 5.74) is 6.79. The second-order valence-corrected chi connectivity index (χ2v) is 4.78. The lowest BCUT2D eigenvalue weighted by molar-refractivity contribution is -0.166. The molecule has 0 aliphatic carbocycles. The van der Waals surface area contributed by atoms with E-state index in [0.29, 0.717) is 13.2 Å². The van der Waals surface area contributed by atoms with E-state index in [0.717, 1.165) is 24.0 Å². The van der Waals surface area contributed by atoms with Crippen molar-refractivity contribution in [1.29, 1.82) is 0 Å². The first-order chi connectivity index (χ1) is 8.64. The number of hydrogen-bond donors (Lipinski definition) is 1. The van der Waals surface area contributed by atoms with Gasteiger partial charge in [-0.05, 0) is 30.9 Å². The van der Waals surface area contributed by atoms with Gasteiger partial charge in [0, 0.05) is 13.2 Å². The second kappa shape index (κ2) is 5.50. The predicted molar refractivity (Wildman–Crippen MR) is 67.7 cm³/mol. The number of carbonyl (C=O) groups excluding carboxylic acids is 1. The normalized spacial score (nSPS) is 23.0. The maximum Gasteiger partial charge on any atom is 0.338 e. The minimum atomic E-state index is -0.753. The van der Waals surface area contributed by atoms with Crippen LogP contribution in [0, 0.1) is 0 Å². The molecule has 1 fully saturated rings. The maximum absolute atomic E-state index is 11.9. The Morgan fingerprint density at radius 3 is 2.61 bits per heavy atom. The number of benzene rings is 1. The molecule has 1 unspecified atom stereocenters. The van der Waals surface area contributed by atoms with Crippen LogP contribution >= 0.6 is 0 Å². The van der Waals surface area contributed by atoms with E-state index in [4.69, 9.17) is 15.2 Å². The Kier molecular flexibility index (Phi) is 3.99. The number of esters is 1. The van der Waals surface area contributed by atoms with E-state index >= 15 is 0 Å². The van der Waals surface area contributed by atoms with Crippen molar-refractivity contribution >= 4 is 5.97 Å². The minimum absolute atomic E-state index is 0.275. The zero-order chi connectivity index (χ0) is 13.0. The first kappa shape index (κ1) is 13.1. The Labute approximate surface area is 107 Å². The zero-order valence-corrected chi connectivity index (χ0v) is 10.6. The van der Waals surface area contributed by atoms with Crippen LogP contribution in [0.3, 0.4) is 0 Å². The van der Waals surface area contributed by atoms with Crippen LogP contribution < -0.4 is 5.73 Å². The molecule has 4 heteroatoms. The molecular formula is C14H19NO3. The molecule has 0 amide bonds. The average molecular weight is 249 g/mol. The third kappa shape index (κ3) is 2.89. The van der Waals surface area contributed by atoms with E-state index in [-0.39, 0.29) is 12.6 Å². The van der Waals surface area contributed by atoms with E-state index < -0.39 is 5.60 Å². The molecule has 0 saturated carbocycles. The number of ether oxygens (including phenoxy) is 2. The lowest BCUT2D eigenvalue weighted by atomic mass is 10.0. The highest BCUT2D eigenvalue weighted by molar-refractivity contribution is 5.79. The Morgan fingerprint density at radius 1 is 1.39 bits per heavy atom. The molecule has 4 nitrogen and oxygen atoms in total. The Morgan fingerprint density at radius 2 is 2.06 bits per heavy atom. The summed E-state index contributed by atoms with van der Waals surface area (Å²) < 4.78 is 10.7. The van der Waals surface area contributed by atoms with E-state index in [1.165, 1.54) is 0 Å². The summed E-state index contributed by atoms with van der Waals surface area (Å²) in [6.07, 6.45) is 1.65. The first-order valence-corrected chi connectivity index (χ1v) is 6.23. The quantitative estimate of drug-likeness (QED) is 0.826. The molecule has 0 aromatic heterocycles. The van der Waals surface area contributed by atoms with Crippen LogP contribution in [0.4, 0.5) is 0 Å². The topological polar surface area (TPSA) is 61.5 Å². The fraction of sp³-hybridized carbons (Fsp3) is 0.500. The van der Waals surface area contributed by atoms with Gasteiger partial charge in [-0.3, -0.25) is 0 Å². The highest BCUT2D eigenvalue weighted by Gasteiger charge is 2.39. The van der Waals surface area contributed by atoms with Crippen LogP contribution in [-0.4, -0.2) is 18.2 Å². The van der Waals surface area contributed by atoms with Crippen LogP contribution in [0.1, 0.15) is 30.9 Å². The molecule has 1 aromatic carbocycles. The maximum atomic E-state index is 11.9. The molecule has 1 aromatic rings. The third-order valence-corrected chi connectivity index (χ3v) is 3.28. The van der Waals surface area contributed by atoms with E-state index in [1.54, 1.807) is 6.92 Å². The van der Waals surface area contributed by atoms with Gasteiger partial charge in [-0.25, -0.2) is 4.79 Å². The molecule has 2 N–H and O–H groups in total. The predicted octanol–water partition coefficient (Wildman–Crippen LogP) is 1.76. The van der Waals surface area contributed by atoms with E-state index in [2.05, 4.69) is 0 Å². The van der Waals surface area contributed by atoms with Crippen molar-refractivity contribution in [1.82, 2.24) is 0 Å². The van der Waals surface area contributed by atoms with Gasteiger partial charge in [0.2, 0.25) is 0 Å². The second-order valence-electron chi connectivity index (χ2n) is 4.78. The molecule has 1 aliphatic heterocycles. The zero-order valence-electron chi connectivity index (χ0n) is 10.6. The van der Waals surface area contributed by atoms with Gasteiger partial charge in [0.25, 0.3) is 0 Å². The van der Waals surface area contributed by atoms with Crippen molar-refractivity contribution in [3.63, 3.8) is 0 Å². The van der Waals surface area contributed by atoms with Gasteiger partial charge in [-0.2, -0.15) is 0 Å². The van der Waals surface area contributed by atoms with Gasteiger partial charge in [-0.15, -0.1) is 0 Å². The number of carbonyl (C=O) groups is 1. The lowest BCUT2D eigenvalue weighted by Gasteiger charge is -2.20. The Balaban J connectivity index is 1.88. The summed E-state index contributed by atoms with van der Waals surface area (Å²) in [4.78, 5) is 11.9. The lowest BCUT2D eigenvalue weighted by Crippen LogP contribution is -2.35. The van der Waals surface area contributed by atoms with Gasteiger partial charge < -0.3 is 15.2 Å². The molecular weight excluding hydrogens is 230 g/mol. The first-order valence-electron chi connectivity index (χ1n) is 6.23.